The molecule has 1 unspecified atom stereocenters. The van der Waals surface area contributed by atoms with Crippen LogP contribution in [-0.2, 0) is 9.59 Å². The number of methoxy groups -OCH3 is 2. The van der Waals surface area contributed by atoms with Crippen molar-refractivity contribution in [3.05, 3.63) is 59.7 Å². The van der Waals surface area contributed by atoms with Crippen molar-refractivity contribution in [2.45, 2.75) is 31.3 Å². The number of ether oxygens (including phenoxy) is 2. The Balaban J connectivity index is 1.54. The third-order valence-corrected chi connectivity index (χ3v) is 6.20. The first-order chi connectivity index (χ1) is 15.4. The number of rotatable bonds is 8. The molecule has 2 aliphatic rings. The van der Waals surface area contributed by atoms with Crippen LogP contribution in [0.15, 0.2) is 48.5 Å². The first-order valence-electron chi connectivity index (χ1n) is 10.6. The van der Waals surface area contributed by atoms with Gasteiger partial charge >= 0.3 is 6.03 Å². The Morgan fingerprint density at radius 3 is 1.97 bits per heavy atom. The largest absolute Gasteiger partial charge is 0.497 e. The zero-order chi connectivity index (χ0) is 22.9. The van der Waals surface area contributed by atoms with Crippen molar-refractivity contribution >= 4 is 17.8 Å². The molecule has 0 bridgehead atoms. The van der Waals surface area contributed by atoms with E-state index >= 15 is 0 Å². The predicted octanol–water partition coefficient (Wildman–Crippen LogP) is 2.63. The second kappa shape index (κ2) is 8.53. The molecule has 1 aliphatic carbocycles. The monoisotopic (exact) mass is 437 g/mol. The van der Waals surface area contributed by atoms with Crippen LogP contribution in [0.4, 0.5) is 4.79 Å². The molecule has 0 spiro atoms. The van der Waals surface area contributed by atoms with E-state index in [4.69, 9.17) is 9.47 Å². The number of nitrogens with one attached hydrogen (secondary N) is 2. The van der Waals surface area contributed by atoms with Crippen LogP contribution in [0.5, 0.6) is 11.5 Å². The second-order valence-corrected chi connectivity index (χ2v) is 8.34. The molecule has 1 saturated heterocycles. The zero-order valence-electron chi connectivity index (χ0n) is 18.4. The molecule has 1 saturated carbocycles. The first-order valence-corrected chi connectivity index (χ1v) is 10.6. The minimum absolute atomic E-state index is 0.137. The van der Waals surface area contributed by atoms with Crippen LogP contribution in [0.1, 0.15) is 36.9 Å². The maximum Gasteiger partial charge on any atom is 0.325 e. The molecular weight excluding hydrogens is 410 g/mol. The summed E-state index contributed by atoms with van der Waals surface area (Å²) < 4.78 is 10.5. The second-order valence-electron chi connectivity index (χ2n) is 8.34. The summed E-state index contributed by atoms with van der Waals surface area (Å²) in [6.45, 7) is 1.40. The summed E-state index contributed by atoms with van der Waals surface area (Å²) in [5.41, 5.74) is 0.761. The maximum atomic E-state index is 13.0. The van der Waals surface area contributed by atoms with E-state index in [0.29, 0.717) is 11.5 Å². The Kier molecular flexibility index (Phi) is 5.78. The number of carbonyl (C=O) groups excluding carboxylic acids is 3. The van der Waals surface area contributed by atoms with Gasteiger partial charge in [0, 0.05) is 0 Å². The van der Waals surface area contributed by atoms with Crippen LogP contribution in [0, 0.1) is 5.92 Å². The molecule has 0 aromatic heterocycles. The van der Waals surface area contributed by atoms with E-state index in [1.165, 1.54) is 0 Å². The zero-order valence-corrected chi connectivity index (χ0v) is 18.4. The standard InChI is InChI=1S/C24H27N3O5/c1-24(17-8-9-17)22(29)27(23(30)26-24)14-20(28)25-21(15-4-10-18(31-2)11-5-15)16-6-12-19(32-3)13-7-16/h4-7,10-13,17,21H,8-9,14H2,1-3H3,(H,25,28)(H,26,30). The average molecular weight is 437 g/mol. The van der Waals surface area contributed by atoms with Crippen LogP contribution in [0.3, 0.4) is 0 Å². The van der Waals surface area contributed by atoms with E-state index in [9.17, 15) is 14.4 Å². The van der Waals surface area contributed by atoms with Gasteiger partial charge in [0.15, 0.2) is 0 Å². The summed E-state index contributed by atoms with van der Waals surface area (Å²) in [5.74, 6) is 0.772. The number of hydrogen-bond acceptors (Lipinski definition) is 5. The van der Waals surface area contributed by atoms with Crippen LogP contribution in [0.2, 0.25) is 0 Å². The van der Waals surface area contributed by atoms with E-state index in [2.05, 4.69) is 10.6 Å². The lowest BCUT2D eigenvalue weighted by Gasteiger charge is -2.23. The third-order valence-electron chi connectivity index (χ3n) is 6.20. The Bertz CT molecular complexity index is 969. The van der Waals surface area contributed by atoms with Crippen molar-refractivity contribution in [1.29, 1.82) is 0 Å². The van der Waals surface area contributed by atoms with Crippen LogP contribution in [0.25, 0.3) is 0 Å². The summed E-state index contributed by atoms with van der Waals surface area (Å²) in [6.07, 6.45) is 1.80. The third kappa shape index (κ3) is 4.12. The van der Waals surface area contributed by atoms with Gasteiger partial charge in [0.1, 0.15) is 23.6 Å². The van der Waals surface area contributed by atoms with E-state index in [0.717, 1.165) is 28.9 Å². The number of hydrogen-bond donors (Lipinski definition) is 2. The topological polar surface area (TPSA) is 97.0 Å². The summed E-state index contributed by atoms with van der Waals surface area (Å²) in [5, 5.41) is 5.74. The highest BCUT2D eigenvalue weighted by Gasteiger charge is 2.56. The molecule has 0 radical (unpaired) electrons. The smallest absolute Gasteiger partial charge is 0.325 e. The fraction of sp³-hybridized carbons (Fsp3) is 0.375. The highest BCUT2D eigenvalue weighted by molar-refractivity contribution is 6.09. The molecule has 4 amide bonds. The van der Waals surface area contributed by atoms with Gasteiger partial charge in [-0.1, -0.05) is 24.3 Å². The van der Waals surface area contributed by atoms with Crippen molar-refractivity contribution in [3.8, 4) is 11.5 Å². The number of imide groups is 1. The van der Waals surface area contributed by atoms with Gasteiger partial charge in [0.05, 0.1) is 20.3 Å². The number of benzene rings is 2. The average Bonchev–Trinajstić information content (AvgIpc) is 3.64. The fourth-order valence-corrected chi connectivity index (χ4v) is 4.10. The number of carbonyl (C=O) groups is 3. The lowest BCUT2D eigenvalue weighted by atomic mass is 9.96. The molecular formula is C24H27N3O5. The van der Waals surface area contributed by atoms with E-state index in [1.807, 2.05) is 48.5 Å². The summed E-state index contributed by atoms with van der Waals surface area (Å²) in [7, 11) is 3.18. The molecule has 1 atom stereocenters. The number of amides is 4. The lowest BCUT2D eigenvalue weighted by Crippen LogP contribution is -2.47. The molecule has 168 valence electrons. The van der Waals surface area contributed by atoms with Crippen molar-refractivity contribution < 1.29 is 23.9 Å². The van der Waals surface area contributed by atoms with Crippen LogP contribution >= 0.6 is 0 Å². The van der Waals surface area contributed by atoms with Gasteiger partial charge < -0.3 is 20.1 Å². The predicted molar refractivity (Wildman–Crippen MR) is 117 cm³/mol. The normalized spacial score (nSPS) is 20.3. The van der Waals surface area contributed by atoms with Crippen molar-refractivity contribution in [1.82, 2.24) is 15.5 Å². The van der Waals surface area contributed by atoms with Gasteiger partial charge in [0.2, 0.25) is 5.91 Å². The van der Waals surface area contributed by atoms with Crippen LogP contribution in [-0.4, -0.2) is 49.0 Å². The molecule has 2 aromatic rings. The van der Waals surface area contributed by atoms with Crippen molar-refractivity contribution in [3.63, 3.8) is 0 Å². The Morgan fingerprint density at radius 1 is 1.03 bits per heavy atom. The molecule has 1 aliphatic heterocycles. The van der Waals surface area contributed by atoms with Crippen molar-refractivity contribution in [2.24, 2.45) is 5.92 Å². The molecule has 2 N–H and O–H groups in total. The molecule has 4 rings (SSSR count). The van der Waals surface area contributed by atoms with Gasteiger partial charge in [-0.3, -0.25) is 14.5 Å². The van der Waals surface area contributed by atoms with Gasteiger partial charge in [-0.2, -0.15) is 0 Å². The maximum absolute atomic E-state index is 13.0. The molecule has 2 fully saturated rings. The molecule has 32 heavy (non-hydrogen) atoms. The van der Waals surface area contributed by atoms with Crippen molar-refractivity contribution in [2.75, 3.05) is 20.8 Å². The lowest BCUT2D eigenvalue weighted by molar-refractivity contribution is -0.135. The Morgan fingerprint density at radius 2 is 1.53 bits per heavy atom. The molecule has 8 heteroatoms. The number of urea groups is 1. The highest BCUT2D eigenvalue weighted by Crippen LogP contribution is 2.42. The first kappa shape index (κ1) is 21.7. The molecule has 1 heterocycles. The van der Waals surface area contributed by atoms with Crippen LogP contribution < -0.4 is 20.1 Å². The fourth-order valence-electron chi connectivity index (χ4n) is 4.10. The van der Waals surface area contributed by atoms with Gasteiger partial charge in [-0.25, -0.2) is 4.79 Å². The summed E-state index contributed by atoms with van der Waals surface area (Å²) in [4.78, 5) is 39.2. The minimum Gasteiger partial charge on any atom is -0.497 e. The Hall–Kier alpha value is -3.55. The molecule has 2 aromatic carbocycles. The highest BCUT2D eigenvalue weighted by atomic mass is 16.5. The quantitative estimate of drug-likeness (QED) is 0.619. The van der Waals surface area contributed by atoms with Gasteiger partial charge in [0.25, 0.3) is 5.91 Å². The van der Waals surface area contributed by atoms with E-state index < -0.39 is 23.5 Å². The van der Waals surface area contributed by atoms with Gasteiger partial charge in [-0.15, -0.1) is 0 Å². The summed E-state index contributed by atoms with van der Waals surface area (Å²) >= 11 is 0. The van der Waals surface area contributed by atoms with E-state index in [-0.39, 0.29) is 18.4 Å². The SMILES string of the molecule is COc1ccc(C(NC(=O)CN2C(=O)NC(C)(C3CC3)C2=O)c2ccc(OC)cc2)cc1. The number of nitrogens with zero attached hydrogens (tertiary/aromatic N) is 1. The van der Waals surface area contributed by atoms with Gasteiger partial charge in [-0.05, 0) is 61.1 Å². The summed E-state index contributed by atoms with van der Waals surface area (Å²) in [6, 6.07) is 13.7. The molecule has 8 nitrogen and oxygen atoms in total. The minimum atomic E-state index is -0.914. The Labute approximate surface area is 186 Å². The van der Waals surface area contributed by atoms with E-state index in [1.54, 1.807) is 21.1 Å².